The first-order valence-electron chi connectivity index (χ1n) is 5.53. The quantitative estimate of drug-likeness (QED) is 0.664. The van der Waals surface area contributed by atoms with Gasteiger partial charge < -0.3 is 5.11 Å². The van der Waals surface area contributed by atoms with E-state index in [1.54, 1.807) is 20.8 Å². The van der Waals surface area contributed by atoms with E-state index in [0.29, 0.717) is 12.1 Å². The van der Waals surface area contributed by atoms with Crippen molar-refractivity contribution in [2.75, 3.05) is 0 Å². The van der Waals surface area contributed by atoms with Gasteiger partial charge in [-0.25, -0.2) is 4.39 Å². The van der Waals surface area contributed by atoms with Gasteiger partial charge in [0, 0.05) is 5.56 Å². The van der Waals surface area contributed by atoms with Crippen LogP contribution in [0.25, 0.3) is 0 Å². The second-order valence-electron chi connectivity index (χ2n) is 5.33. The van der Waals surface area contributed by atoms with Crippen molar-refractivity contribution in [3.05, 3.63) is 35.1 Å². The molecule has 0 spiro atoms. The molecule has 0 aliphatic carbocycles. The summed E-state index contributed by atoms with van der Waals surface area (Å²) >= 11 is 0. The van der Waals surface area contributed by atoms with E-state index in [1.807, 2.05) is 0 Å². The number of rotatable bonds is 2. The molecule has 1 rings (SSSR count). The molecule has 0 aliphatic rings. The molecule has 1 aromatic carbocycles. The van der Waals surface area contributed by atoms with Crippen LogP contribution in [-0.2, 0) is 6.18 Å². The molecule has 1 atom stereocenters. The Morgan fingerprint density at radius 2 is 1.74 bits per heavy atom. The zero-order chi connectivity index (χ0) is 15.0. The molecule has 106 valence electrons. The van der Waals surface area contributed by atoms with Crippen molar-refractivity contribution in [1.82, 2.24) is 0 Å². The molecule has 0 fully saturated rings. The molecule has 6 heteroatoms. The first kappa shape index (κ1) is 15.6. The standard InChI is InChI=1S/C13H14F4O2/c1-12(2,3)11(19)10(18)7-4-5-9(14)8(6-7)13(15,16)17/h4-6,11,19H,1-3H3. The number of alkyl halides is 3. The highest BCUT2D eigenvalue weighted by Crippen LogP contribution is 2.32. The molecule has 0 heterocycles. The van der Waals surface area contributed by atoms with E-state index in [0.717, 1.165) is 6.07 Å². The van der Waals surface area contributed by atoms with Crippen LogP contribution in [-0.4, -0.2) is 17.0 Å². The summed E-state index contributed by atoms with van der Waals surface area (Å²) in [6.07, 6.45) is -6.34. The fourth-order valence-electron chi connectivity index (χ4n) is 1.45. The molecule has 0 saturated carbocycles. The van der Waals surface area contributed by atoms with E-state index < -0.39 is 34.9 Å². The Kier molecular flexibility index (Phi) is 4.05. The molecule has 0 saturated heterocycles. The van der Waals surface area contributed by atoms with Crippen LogP contribution in [0.5, 0.6) is 0 Å². The van der Waals surface area contributed by atoms with E-state index in [2.05, 4.69) is 0 Å². The molecule has 0 bridgehead atoms. The van der Waals surface area contributed by atoms with E-state index in [1.165, 1.54) is 0 Å². The fourth-order valence-corrected chi connectivity index (χ4v) is 1.45. The van der Waals surface area contributed by atoms with E-state index >= 15 is 0 Å². The maximum Gasteiger partial charge on any atom is 0.419 e. The lowest BCUT2D eigenvalue weighted by Crippen LogP contribution is -2.34. The summed E-state index contributed by atoms with van der Waals surface area (Å²) in [6, 6.07) is 1.93. The van der Waals surface area contributed by atoms with Crippen molar-refractivity contribution in [3.63, 3.8) is 0 Å². The number of hydrogen-bond donors (Lipinski definition) is 1. The van der Waals surface area contributed by atoms with Crippen LogP contribution in [0.4, 0.5) is 17.6 Å². The molecule has 0 radical (unpaired) electrons. The van der Waals surface area contributed by atoms with Gasteiger partial charge in [-0.15, -0.1) is 0 Å². The smallest absolute Gasteiger partial charge is 0.384 e. The van der Waals surface area contributed by atoms with Gasteiger partial charge in [-0.3, -0.25) is 4.79 Å². The summed E-state index contributed by atoms with van der Waals surface area (Å²) in [5.41, 5.74) is -2.69. The Balaban J connectivity index is 3.21. The lowest BCUT2D eigenvalue weighted by molar-refractivity contribution is -0.140. The molecule has 1 N–H and O–H groups in total. The number of hydrogen-bond acceptors (Lipinski definition) is 2. The van der Waals surface area contributed by atoms with Gasteiger partial charge in [0.25, 0.3) is 0 Å². The number of benzene rings is 1. The highest BCUT2D eigenvalue weighted by molar-refractivity contribution is 5.99. The monoisotopic (exact) mass is 278 g/mol. The van der Waals surface area contributed by atoms with Crippen molar-refractivity contribution < 1.29 is 27.5 Å². The van der Waals surface area contributed by atoms with Crippen LogP contribution < -0.4 is 0 Å². The van der Waals surface area contributed by atoms with Gasteiger partial charge in [0.15, 0.2) is 5.78 Å². The van der Waals surface area contributed by atoms with Gasteiger partial charge in [0.2, 0.25) is 0 Å². The van der Waals surface area contributed by atoms with Gasteiger partial charge in [-0.2, -0.15) is 13.2 Å². The molecule has 0 amide bonds. The van der Waals surface area contributed by atoms with Crippen LogP contribution >= 0.6 is 0 Å². The van der Waals surface area contributed by atoms with Crippen molar-refractivity contribution in [2.45, 2.75) is 33.1 Å². The van der Waals surface area contributed by atoms with E-state index in [4.69, 9.17) is 0 Å². The summed E-state index contributed by atoms with van der Waals surface area (Å²) in [7, 11) is 0. The third-order valence-corrected chi connectivity index (χ3v) is 2.62. The molecule has 2 nitrogen and oxygen atoms in total. The summed E-state index contributed by atoms with van der Waals surface area (Å²) in [5.74, 6) is -2.31. The SMILES string of the molecule is CC(C)(C)C(O)C(=O)c1ccc(F)c(C(F)(F)F)c1. The maximum absolute atomic E-state index is 13.1. The second-order valence-corrected chi connectivity index (χ2v) is 5.33. The molecule has 1 unspecified atom stereocenters. The molecule has 19 heavy (non-hydrogen) atoms. The Hall–Kier alpha value is -1.43. The van der Waals surface area contributed by atoms with Gasteiger partial charge in [0.05, 0.1) is 5.56 Å². The predicted octanol–water partition coefficient (Wildman–Crippen LogP) is 3.43. The lowest BCUT2D eigenvalue weighted by atomic mass is 9.84. The minimum atomic E-state index is -4.88. The van der Waals surface area contributed by atoms with Crippen LogP contribution in [0, 0.1) is 11.2 Å². The van der Waals surface area contributed by atoms with Crippen molar-refractivity contribution >= 4 is 5.78 Å². The lowest BCUT2D eigenvalue weighted by Gasteiger charge is -2.24. The first-order chi connectivity index (χ1) is 8.44. The van der Waals surface area contributed by atoms with Gasteiger partial charge in [-0.05, 0) is 23.6 Å². The summed E-state index contributed by atoms with van der Waals surface area (Å²) < 4.78 is 50.6. The molecular weight excluding hydrogens is 264 g/mol. The number of halogens is 4. The highest BCUT2D eigenvalue weighted by Gasteiger charge is 2.36. The second kappa shape index (κ2) is 4.92. The average molecular weight is 278 g/mol. The third-order valence-electron chi connectivity index (χ3n) is 2.62. The van der Waals surface area contributed by atoms with Gasteiger partial charge in [0.1, 0.15) is 11.9 Å². The summed E-state index contributed by atoms with van der Waals surface area (Å²) in [6.45, 7) is 4.72. The Morgan fingerprint density at radius 3 is 2.16 bits per heavy atom. The van der Waals surface area contributed by atoms with Crippen LogP contribution in [0.3, 0.4) is 0 Å². The van der Waals surface area contributed by atoms with E-state index in [9.17, 15) is 27.5 Å². The minimum absolute atomic E-state index is 0.365. The van der Waals surface area contributed by atoms with Crippen molar-refractivity contribution in [2.24, 2.45) is 5.41 Å². The fraction of sp³-hybridized carbons (Fsp3) is 0.462. The Labute approximate surface area is 108 Å². The van der Waals surface area contributed by atoms with Crippen LogP contribution in [0.1, 0.15) is 36.7 Å². The number of ketones is 1. The zero-order valence-electron chi connectivity index (χ0n) is 10.7. The largest absolute Gasteiger partial charge is 0.419 e. The number of Topliss-reactive ketones (excluding diaryl/α,β-unsaturated/α-hetero) is 1. The Bertz CT molecular complexity index is 486. The number of carbonyl (C=O) groups is 1. The van der Waals surface area contributed by atoms with Gasteiger partial charge >= 0.3 is 6.18 Å². The average Bonchev–Trinajstić information content (AvgIpc) is 2.25. The molecule has 0 aromatic heterocycles. The Morgan fingerprint density at radius 1 is 1.21 bits per heavy atom. The number of carbonyl (C=O) groups excluding carboxylic acids is 1. The summed E-state index contributed by atoms with van der Waals surface area (Å²) in [4.78, 5) is 11.8. The van der Waals surface area contributed by atoms with Crippen LogP contribution in [0.2, 0.25) is 0 Å². The third kappa shape index (κ3) is 3.53. The minimum Gasteiger partial charge on any atom is -0.384 e. The zero-order valence-corrected chi connectivity index (χ0v) is 10.7. The van der Waals surface area contributed by atoms with Gasteiger partial charge in [-0.1, -0.05) is 20.8 Å². The normalized spacial score (nSPS) is 14.3. The first-order valence-corrected chi connectivity index (χ1v) is 5.53. The number of aliphatic hydroxyl groups is 1. The van der Waals surface area contributed by atoms with Crippen LogP contribution in [0.15, 0.2) is 18.2 Å². The molecule has 0 aliphatic heterocycles. The van der Waals surface area contributed by atoms with Crippen molar-refractivity contribution in [1.29, 1.82) is 0 Å². The maximum atomic E-state index is 13.1. The van der Waals surface area contributed by atoms with Crippen molar-refractivity contribution in [3.8, 4) is 0 Å². The molecular formula is C13H14F4O2. The molecule has 1 aromatic rings. The van der Waals surface area contributed by atoms with E-state index in [-0.39, 0.29) is 5.56 Å². The number of aliphatic hydroxyl groups excluding tert-OH is 1. The summed E-state index contributed by atoms with van der Waals surface area (Å²) in [5, 5.41) is 9.75. The highest BCUT2D eigenvalue weighted by atomic mass is 19.4. The topological polar surface area (TPSA) is 37.3 Å². The predicted molar refractivity (Wildman–Crippen MR) is 61.2 cm³/mol.